The van der Waals surface area contributed by atoms with Crippen molar-refractivity contribution in [2.24, 2.45) is 5.73 Å². The molecular weight excluding hydrogens is 449 g/mol. The molecule has 11 heteroatoms. The van der Waals surface area contributed by atoms with Crippen molar-refractivity contribution in [1.29, 1.82) is 5.26 Å². The fraction of sp³-hybridized carbons (Fsp3) is 0.294. The highest BCUT2D eigenvalue weighted by molar-refractivity contribution is 9.10. The zero-order valence-corrected chi connectivity index (χ0v) is 16.1. The number of nitrogens with zero attached hydrogens (tertiary/aromatic N) is 1. The summed E-state index contributed by atoms with van der Waals surface area (Å²) in [7, 11) is 0. The molecule has 1 atom stereocenters. The predicted molar refractivity (Wildman–Crippen MR) is 92.5 cm³/mol. The third kappa shape index (κ3) is 4.33. The van der Waals surface area contributed by atoms with E-state index in [0.717, 1.165) is 12.1 Å². The van der Waals surface area contributed by atoms with Crippen molar-refractivity contribution in [2.45, 2.75) is 26.1 Å². The number of carbonyl (C=O) groups is 1. The van der Waals surface area contributed by atoms with Crippen molar-refractivity contribution in [3.8, 4) is 17.6 Å². The maximum atomic E-state index is 12.6. The maximum Gasteiger partial charge on any atom is 0.573 e. The minimum absolute atomic E-state index is 0.00365. The summed E-state index contributed by atoms with van der Waals surface area (Å²) in [6.07, 6.45) is -4.99. The van der Waals surface area contributed by atoms with Crippen LogP contribution < -0.4 is 10.5 Å². The average Bonchev–Trinajstić information content (AvgIpc) is 2.56. The summed E-state index contributed by atoms with van der Waals surface area (Å²) < 4.78 is 51.8. The van der Waals surface area contributed by atoms with E-state index in [4.69, 9.17) is 15.2 Å². The van der Waals surface area contributed by atoms with Crippen LogP contribution in [0.2, 0.25) is 0 Å². The van der Waals surface area contributed by atoms with Gasteiger partial charge in [0, 0.05) is 5.56 Å². The number of benzene rings is 1. The molecule has 0 saturated heterocycles. The summed E-state index contributed by atoms with van der Waals surface area (Å²) in [5, 5.41) is 19.9. The third-order valence-electron chi connectivity index (χ3n) is 3.71. The molecule has 1 aromatic rings. The largest absolute Gasteiger partial charge is 0.573 e. The van der Waals surface area contributed by atoms with Gasteiger partial charge in [0.2, 0.25) is 5.88 Å². The highest BCUT2D eigenvalue weighted by atomic mass is 79.9. The van der Waals surface area contributed by atoms with E-state index < -0.39 is 29.7 Å². The molecule has 7 nitrogen and oxygen atoms in total. The van der Waals surface area contributed by atoms with E-state index in [1.165, 1.54) is 6.92 Å². The number of nitrogens with two attached hydrogens (primary N) is 1. The van der Waals surface area contributed by atoms with Crippen LogP contribution in [-0.4, -0.2) is 24.0 Å². The van der Waals surface area contributed by atoms with Crippen LogP contribution >= 0.6 is 15.9 Å². The summed E-state index contributed by atoms with van der Waals surface area (Å²) in [5.41, 5.74) is 5.03. The van der Waals surface area contributed by atoms with Gasteiger partial charge in [-0.25, -0.2) is 4.79 Å². The number of phenolic OH excluding ortho intramolecular Hbond substituents is 1. The Kier molecular flexibility index (Phi) is 6.14. The van der Waals surface area contributed by atoms with Crippen LogP contribution in [0, 0.1) is 11.3 Å². The van der Waals surface area contributed by atoms with Gasteiger partial charge in [-0.05, 0) is 41.9 Å². The zero-order chi connectivity index (χ0) is 21.2. The summed E-state index contributed by atoms with van der Waals surface area (Å²) in [4.78, 5) is 12.4. The Bertz CT molecular complexity index is 919. The number of rotatable bonds is 4. The van der Waals surface area contributed by atoms with Crippen molar-refractivity contribution < 1.29 is 37.3 Å². The molecule has 0 radical (unpaired) electrons. The Labute approximate surface area is 165 Å². The molecule has 0 aromatic heterocycles. The molecule has 2 rings (SSSR count). The van der Waals surface area contributed by atoms with Crippen LogP contribution in [0.4, 0.5) is 13.2 Å². The van der Waals surface area contributed by atoms with Crippen molar-refractivity contribution in [2.75, 3.05) is 6.61 Å². The van der Waals surface area contributed by atoms with Gasteiger partial charge in [-0.1, -0.05) is 0 Å². The van der Waals surface area contributed by atoms with Gasteiger partial charge >= 0.3 is 12.3 Å². The molecule has 0 fully saturated rings. The topological polar surface area (TPSA) is 115 Å². The number of carbonyl (C=O) groups excluding carboxylic acids is 1. The second-order valence-corrected chi connectivity index (χ2v) is 6.36. The van der Waals surface area contributed by atoms with E-state index in [1.54, 1.807) is 13.0 Å². The number of allylic oxidation sites excluding steroid dienone is 2. The minimum Gasteiger partial charge on any atom is -0.506 e. The molecule has 0 spiro atoms. The van der Waals surface area contributed by atoms with E-state index in [0.29, 0.717) is 0 Å². The third-order valence-corrected chi connectivity index (χ3v) is 4.32. The van der Waals surface area contributed by atoms with Gasteiger partial charge in [0.05, 0.1) is 22.6 Å². The Morgan fingerprint density at radius 1 is 1.46 bits per heavy atom. The summed E-state index contributed by atoms with van der Waals surface area (Å²) >= 11 is 2.94. The smallest absolute Gasteiger partial charge is 0.506 e. The average molecular weight is 463 g/mol. The van der Waals surface area contributed by atoms with Crippen LogP contribution in [0.3, 0.4) is 0 Å². The highest BCUT2D eigenvalue weighted by Crippen LogP contribution is 2.46. The standard InChI is InChI=1S/C17H14BrF3N2O5/c1-3-26-16(25)12-7(2)27-15(23)10(6-22)13(12)9-4-8(28-17(19,20)21)5-11(18)14(9)24/h4-5,13,24H,3,23H2,1-2H3. The summed E-state index contributed by atoms with van der Waals surface area (Å²) in [6.45, 7) is 2.92. The second kappa shape index (κ2) is 8.02. The number of aromatic hydroxyl groups is 1. The first-order valence-corrected chi connectivity index (χ1v) is 8.53. The van der Waals surface area contributed by atoms with Crippen molar-refractivity contribution in [1.82, 2.24) is 0 Å². The lowest BCUT2D eigenvalue weighted by Gasteiger charge is -2.27. The van der Waals surface area contributed by atoms with Gasteiger partial charge in [-0.2, -0.15) is 5.26 Å². The lowest BCUT2D eigenvalue weighted by molar-refractivity contribution is -0.274. The van der Waals surface area contributed by atoms with Crippen molar-refractivity contribution in [3.05, 3.63) is 45.0 Å². The number of halogens is 4. The molecule has 1 unspecified atom stereocenters. The highest BCUT2D eigenvalue weighted by Gasteiger charge is 2.39. The van der Waals surface area contributed by atoms with E-state index in [9.17, 15) is 28.3 Å². The molecule has 0 saturated carbocycles. The number of alkyl halides is 3. The zero-order valence-electron chi connectivity index (χ0n) is 14.6. The fourth-order valence-electron chi connectivity index (χ4n) is 2.67. The van der Waals surface area contributed by atoms with Gasteiger partial charge in [-0.3, -0.25) is 0 Å². The fourth-order valence-corrected chi connectivity index (χ4v) is 3.13. The Hall–Kier alpha value is -2.87. The summed E-state index contributed by atoms with van der Waals surface area (Å²) in [6, 6.07) is 3.52. The summed E-state index contributed by atoms with van der Waals surface area (Å²) in [5.74, 6) is -3.74. The van der Waals surface area contributed by atoms with Gasteiger partial charge < -0.3 is 25.1 Å². The van der Waals surface area contributed by atoms with E-state index >= 15 is 0 Å². The van der Waals surface area contributed by atoms with E-state index in [1.807, 2.05) is 0 Å². The number of ether oxygens (including phenoxy) is 3. The monoisotopic (exact) mass is 462 g/mol. The van der Waals surface area contributed by atoms with Gasteiger partial charge in [0.15, 0.2) is 0 Å². The SMILES string of the molecule is CCOC(=O)C1=C(C)OC(N)=C(C#N)C1c1cc(OC(F)(F)F)cc(Br)c1O. The number of esters is 1. The number of hydrogen-bond acceptors (Lipinski definition) is 7. The van der Waals surface area contributed by atoms with Crippen molar-refractivity contribution in [3.63, 3.8) is 0 Å². The minimum atomic E-state index is -4.99. The normalized spacial score (nSPS) is 17.1. The molecule has 150 valence electrons. The van der Waals surface area contributed by atoms with E-state index in [-0.39, 0.29) is 39.4 Å². The first-order valence-electron chi connectivity index (χ1n) is 7.73. The molecule has 3 N–H and O–H groups in total. The molecule has 0 amide bonds. The first kappa shape index (κ1) is 21.4. The lowest BCUT2D eigenvalue weighted by Crippen LogP contribution is -2.26. The number of hydrogen-bond donors (Lipinski definition) is 2. The number of phenols is 1. The molecule has 28 heavy (non-hydrogen) atoms. The molecular formula is C17H14BrF3N2O5. The maximum absolute atomic E-state index is 12.6. The van der Waals surface area contributed by atoms with Crippen LogP contribution in [0.15, 0.2) is 39.4 Å². The van der Waals surface area contributed by atoms with Crippen molar-refractivity contribution >= 4 is 21.9 Å². The van der Waals surface area contributed by atoms with Gasteiger partial charge in [-0.15, -0.1) is 13.2 Å². The van der Waals surface area contributed by atoms with Crippen LogP contribution in [0.1, 0.15) is 25.3 Å². The molecule has 1 aromatic carbocycles. The quantitative estimate of drug-likeness (QED) is 0.655. The number of nitriles is 1. The second-order valence-electron chi connectivity index (χ2n) is 5.51. The molecule has 0 aliphatic carbocycles. The van der Waals surface area contributed by atoms with Gasteiger partial charge in [0.25, 0.3) is 0 Å². The molecule has 1 aliphatic rings. The lowest BCUT2D eigenvalue weighted by atomic mass is 9.82. The molecule has 1 heterocycles. The Morgan fingerprint density at radius 3 is 2.64 bits per heavy atom. The Balaban J connectivity index is 2.74. The van der Waals surface area contributed by atoms with Crippen LogP contribution in [-0.2, 0) is 14.3 Å². The molecule has 1 aliphatic heterocycles. The van der Waals surface area contributed by atoms with Crippen LogP contribution in [0.5, 0.6) is 11.5 Å². The van der Waals surface area contributed by atoms with Crippen LogP contribution in [0.25, 0.3) is 0 Å². The molecule has 0 bridgehead atoms. The van der Waals surface area contributed by atoms with E-state index in [2.05, 4.69) is 20.7 Å². The predicted octanol–water partition coefficient (Wildman–Crippen LogP) is 3.70. The Morgan fingerprint density at radius 2 is 2.11 bits per heavy atom. The first-order chi connectivity index (χ1) is 13.0. The van der Waals surface area contributed by atoms with Gasteiger partial charge in [0.1, 0.15) is 28.9 Å².